The molecule has 2 aromatic carbocycles. The van der Waals surface area contributed by atoms with E-state index in [4.69, 9.17) is 11.6 Å². The van der Waals surface area contributed by atoms with Crippen molar-refractivity contribution < 1.29 is 5.11 Å². The molecule has 2 nitrogen and oxygen atoms in total. The fraction of sp³-hybridized carbons (Fsp3) is 0.0714. The van der Waals surface area contributed by atoms with Crippen molar-refractivity contribution in [1.29, 1.82) is 0 Å². The molecule has 0 heterocycles. The fourth-order valence-corrected chi connectivity index (χ4v) is 2.23. The zero-order valence-electron chi connectivity index (χ0n) is 9.80. The number of benzene rings is 2. The van der Waals surface area contributed by atoms with Crippen molar-refractivity contribution in [2.24, 2.45) is 4.99 Å². The molecule has 0 radical (unpaired) electrons. The second-order valence-corrected chi connectivity index (χ2v) is 4.92. The van der Waals surface area contributed by atoms with Gasteiger partial charge in [0.25, 0.3) is 0 Å². The fourth-order valence-electron chi connectivity index (χ4n) is 1.50. The Morgan fingerprint density at radius 1 is 1.22 bits per heavy atom. The van der Waals surface area contributed by atoms with Gasteiger partial charge in [0, 0.05) is 21.7 Å². The Balaban J connectivity index is 2.33. The van der Waals surface area contributed by atoms with Crippen LogP contribution < -0.4 is 0 Å². The predicted molar refractivity (Wildman–Crippen MR) is 78.6 cm³/mol. The molecule has 4 heteroatoms. The van der Waals surface area contributed by atoms with Crippen LogP contribution in [0.5, 0.6) is 5.75 Å². The third-order valence-electron chi connectivity index (χ3n) is 2.42. The van der Waals surface area contributed by atoms with Gasteiger partial charge in [0.1, 0.15) is 5.75 Å². The van der Waals surface area contributed by atoms with Crippen LogP contribution in [0, 0.1) is 0 Å². The Bertz CT molecular complexity index is 584. The quantitative estimate of drug-likeness (QED) is 0.661. The molecule has 0 aliphatic carbocycles. The van der Waals surface area contributed by atoms with Crippen molar-refractivity contribution in [1.82, 2.24) is 0 Å². The van der Waals surface area contributed by atoms with E-state index in [1.165, 1.54) is 0 Å². The second kappa shape index (κ2) is 5.94. The van der Waals surface area contributed by atoms with E-state index < -0.39 is 0 Å². The van der Waals surface area contributed by atoms with Gasteiger partial charge in [0.2, 0.25) is 0 Å². The summed E-state index contributed by atoms with van der Waals surface area (Å²) in [6, 6.07) is 12.7. The van der Waals surface area contributed by atoms with Gasteiger partial charge in [-0.05, 0) is 36.6 Å². The normalized spacial score (nSPS) is 11.0. The number of aliphatic imine (C=N–C) groups is 1. The molecule has 0 aliphatic heterocycles. The van der Waals surface area contributed by atoms with E-state index in [2.05, 4.69) is 4.99 Å². The summed E-state index contributed by atoms with van der Waals surface area (Å²) in [7, 11) is 0. The summed E-state index contributed by atoms with van der Waals surface area (Å²) < 4.78 is 0. The Morgan fingerprint density at radius 3 is 2.78 bits per heavy atom. The maximum atomic E-state index is 9.68. The molecule has 0 amide bonds. The lowest BCUT2D eigenvalue weighted by Gasteiger charge is -2.02. The number of phenolic OH excluding ortho intramolecular Hbond substituents is 1. The highest BCUT2D eigenvalue weighted by molar-refractivity contribution is 7.98. The molecule has 0 atom stereocenters. The first-order chi connectivity index (χ1) is 8.70. The molecule has 92 valence electrons. The van der Waals surface area contributed by atoms with Gasteiger partial charge in [-0.2, -0.15) is 0 Å². The van der Waals surface area contributed by atoms with E-state index in [9.17, 15) is 5.11 Å². The summed E-state index contributed by atoms with van der Waals surface area (Å²) in [5, 5.41) is 10.3. The number of thioether (sulfide) groups is 1. The lowest BCUT2D eigenvalue weighted by molar-refractivity contribution is 0.474. The third-order valence-corrected chi connectivity index (χ3v) is 3.44. The van der Waals surface area contributed by atoms with Gasteiger partial charge in [-0.25, -0.2) is 0 Å². The number of halogens is 1. The first kappa shape index (κ1) is 13.0. The highest BCUT2D eigenvalue weighted by atomic mass is 35.5. The highest BCUT2D eigenvalue weighted by Crippen LogP contribution is 2.28. The largest absolute Gasteiger partial charge is 0.507 e. The third kappa shape index (κ3) is 3.06. The molecule has 0 fully saturated rings. The number of para-hydroxylation sites is 1. The summed E-state index contributed by atoms with van der Waals surface area (Å²) in [4.78, 5) is 5.48. The number of rotatable bonds is 3. The van der Waals surface area contributed by atoms with Gasteiger partial charge in [0.15, 0.2) is 0 Å². The first-order valence-corrected chi connectivity index (χ1v) is 6.96. The van der Waals surface area contributed by atoms with Crippen LogP contribution in [0.1, 0.15) is 5.56 Å². The number of hydrogen-bond acceptors (Lipinski definition) is 3. The smallest absolute Gasteiger partial charge is 0.124 e. The second-order valence-electron chi connectivity index (χ2n) is 3.63. The zero-order chi connectivity index (χ0) is 13.0. The summed E-state index contributed by atoms with van der Waals surface area (Å²) >= 11 is 7.52. The molecular formula is C14H12ClNOS. The van der Waals surface area contributed by atoms with E-state index >= 15 is 0 Å². The minimum atomic E-state index is 0.171. The van der Waals surface area contributed by atoms with Crippen LogP contribution in [0.25, 0.3) is 0 Å². The first-order valence-electron chi connectivity index (χ1n) is 5.36. The van der Waals surface area contributed by atoms with Gasteiger partial charge < -0.3 is 5.11 Å². The molecule has 0 aliphatic rings. The molecule has 0 saturated heterocycles. The zero-order valence-corrected chi connectivity index (χ0v) is 11.4. The average Bonchev–Trinajstić information content (AvgIpc) is 2.40. The highest BCUT2D eigenvalue weighted by Gasteiger charge is 2.00. The lowest BCUT2D eigenvalue weighted by atomic mass is 10.2. The molecule has 0 unspecified atom stereocenters. The van der Waals surface area contributed by atoms with Crippen molar-refractivity contribution in [2.75, 3.05) is 6.26 Å². The molecule has 2 rings (SSSR count). The topological polar surface area (TPSA) is 32.6 Å². The van der Waals surface area contributed by atoms with Crippen molar-refractivity contribution in [3.8, 4) is 5.75 Å². The van der Waals surface area contributed by atoms with E-state index in [0.717, 1.165) is 10.6 Å². The van der Waals surface area contributed by atoms with Gasteiger partial charge in [0.05, 0.1) is 5.69 Å². The maximum Gasteiger partial charge on any atom is 0.124 e. The van der Waals surface area contributed by atoms with E-state index in [0.29, 0.717) is 10.6 Å². The number of aromatic hydroxyl groups is 1. The van der Waals surface area contributed by atoms with E-state index in [1.54, 1.807) is 36.2 Å². The Morgan fingerprint density at radius 2 is 2.00 bits per heavy atom. The van der Waals surface area contributed by atoms with Gasteiger partial charge in [-0.3, -0.25) is 4.99 Å². The molecule has 1 N–H and O–H groups in total. The molecule has 18 heavy (non-hydrogen) atoms. The van der Waals surface area contributed by atoms with Crippen molar-refractivity contribution in [3.05, 3.63) is 53.1 Å². The van der Waals surface area contributed by atoms with Crippen molar-refractivity contribution in [3.63, 3.8) is 0 Å². The van der Waals surface area contributed by atoms with Crippen LogP contribution >= 0.6 is 23.4 Å². The monoisotopic (exact) mass is 277 g/mol. The van der Waals surface area contributed by atoms with Crippen LogP contribution in [0.3, 0.4) is 0 Å². The predicted octanol–water partition coefficient (Wildman–Crippen LogP) is 4.52. The summed E-state index contributed by atoms with van der Waals surface area (Å²) in [5.74, 6) is 0.171. The molecule has 0 saturated carbocycles. The van der Waals surface area contributed by atoms with E-state index in [1.807, 2.05) is 30.5 Å². The number of hydrogen-bond donors (Lipinski definition) is 1. The summed E-state index contributed by atoms with van der Waals surface area (Å²) in [5.41, 5.74) is 1.49. The summed E-state index contributed by atoms with van der Waals surface area (Å²) in [6.07, 6.45) is 3.63. The SMILES string of the molecule is CSc1ccccc1N=Cc1cc(Cl)ccc1O. The van der Waals surface area contributed by atoms with Crippen LogP contribution in [-0.4, -0.2) is 17.6 Å². The molecular weight excluding hydrogens is 266 g/mol. The Hall–Kier alpha value is -1.45. The molecule has 0 bridgehead atoms. The average molecular weight is 278 g/mol. The van der Waals surface area contributed by atoms with Gasteiger partial charge in [-0.1, -0.05) is 23.7 Å². The van der Waals surface area contributed by atoms with Gasteiger partial charge in [-0.15, -0.1) is 11.8 Å². The number of nitrogens with zero attached hydrogens (tertiary/aromatic N) is 1. The maximum absolute atomic E-state index is 9.68. The molecule has 0 spiro atoms. The molecule has 2 aromatic rings. The van der Waals surface area contributed by atoms with E-state index in [-0.39, 0.29) is 5.75 Å². The van der Waals surface area contributed by atoms with Crippen LogP contribution in [0.2, 0.25) is 5.02 Å². The Kier molecular flexibility index (Phi) is 4.28. The minimum Gasteiger partial charge on any atom is -0.507 e. The lowest BCUT2D eigenvalue weighted by Crippen LogP contribution is -1.82. The standard InChI is InChI=1S/C14H12ClNOS/c1-18-14-5-3-2-4-12(14)16-9-10-8-11(15)6-7-13(10)17/h2-9,17H,1H3. The van der Waals surface area contributed by atoms with Gasteiger partial charge >= 0.3 is 0 Å². The van der Waals surface area contributed by atoms with Crippen molar-refractivity contribution in [2.45, 2.75) is 4.90 Å². The van der Waals surface area contributed by atoms with Crippen LogP contribution in [0.4, 0.5) is 5.69 Å². The number of phenols is 1. The Labute approximate surface area is 115 Å². The van der Waals surface area contributed by atoms with Crippen molar-refractivity contribution >= 4 is 35.3 Å². The van der Waals surface area contributed by atoms with Crippen LogP contribution in [0.15, 0.2) is 52.4 Å². The van der Waals surface area contributed by atoms with Crippen LogP contribution in [-0.2, 0) is 0 Å². The molecule has 0 aromatic heterocycles. The minimum absolute atomic E-state index is 0.171. The summed E-state index contributed by atoms with van der Waals surface area (Å²) in [6.45, 7) is 0.